The minimum Gasteiger partial charge on any atom is -0.391 e. The first kappa shape index (κ1) is 12.9. The van der Waals surface area contributed by atoms with Crippen LogP contribution in [0.1, 0.15) is 25.3 Å². The Balaban J connectivity index is 2.13. The van der Waals surface area contributed by atoms with Crippen molar-refractivity contribution in [2.24, 2.45) is 0 Å². The molecule has 0 saturated heterocycles. The Hall–Kier alpha value is -1.19. The van der Waals surface area contributed by atoms with Gasteiger partial charge >= 0.3 is 0 Å². The zero-order valence-corrected chi connectivity index (χ0v) is 9.56. The first-order chi connectivity index (χ1) is 7.68. The van der Waals surface area contributed by atoms with Crippen LogP contribution in [0.25, 0.3) is 0 Å². The Kier molecular flexibility index (Phi) is 5.75. The van der Waals surface area contributed by atoms with Crippen LogP contribution < -0.4 is 0 Å². The van der Waals surface area contributed by atoms with Crippen molar-refractivity contribution in [3.63, 3.8) is 0 Å². The Morgan fingerprint density at radius 2 is 2.06 bits per heavy atom. The Morgan fingerprint density at radius 3 is 2.69 bits per heavy atom. The molecule has 1 aromatic rings. The monoisotopic (exact) mass is 222 g/mol. The molecule has 3 heteroatoms. The van der Waals surface area contributed by atoms with Gasteiger partial charge in [0, 0.05) is 6.42 Å². The summed E-state index contributed by atoms with van der Waals surface area (Å²) in [5.74, 6) is 0.0992. The van der Waals surface area contributed by atoms with Gasteiger partial charge in [0.15, 0.2) is 0 Å². The molecule has 16 heavy (non-hydrogen) atoms. The number of ketones is 1. The number of hydrogen-bond donors (Lipinski definition) is 1. The standard InChI is InChI=1S/C13H18O3/c1-11(14)7-8-13(15)10-16-9-12-5-3-2-4-6-12/h2-6,13,15H,7-10H2,1H3. The van der Waals surface area contributed by atoms with Gasteiger partial charge in [0.25, 0.3) is 0 Å². The van der Waals surface area contributed by atoms with Crippen molar-refractivity contribution in [3.8, 4) is 0 Å². The van der Waals surface area contributed by atoms with Crippen molar-refractivity contribution in [3.05, 3.63) is 35.9 Å². The average Bonchev–Trinajstić information content (AvgIpc) is 2.28. The van der Waals surface area contributed by atoms with Gasteiger partial charge in [-0.05, 0) is 18.9 Å². The van der Waals surface area contributed by atoms with Gasteiger partial charge in [-0.3, -0.25) is 0 Å². The number of Topliss-reactive ketones (excluding diaryl/α,β-unsaturated/α-hetero) is 1. The topological polar surface area (TPSA) is 46.5 Å². The Labute approximate surface area is 96.1 Å². The molecule has 1 rings (SSSR count). The van der Waals surface area contributed by atoms with E-state index in [1.807, 2.05) is 30.3 Å². The summed E-state index contributed by atoms with van der Waals surface area (Å²) in [6.45, 7) is 2.30. The van der Waals surface area contributed by atoms with E-state index in [-0.39, 0.29) is 12.4 Å². The lowest BCUT2D eigenvalue weighted by Crippen LogP contribution is -2.16. The SMILES string of the molecule is CC(=O)CCC(O)COCc1ccccc1. The minimum absolute atomic E-state index is 0.0992. The predicted molar refractivity (Wildman–Crippen MR) is 62.0 cm³/mol. The van der Waals surface area contributed by atoms with Crippen molar-refractivity contribution in [1.82, 2.24) is 0 Å². The molecule has 1 N–H and O–H groups in total. The first-order valence-corrected chi connectivity index (χ1v) is 5.47. The van der Waals surface area contributed by atoms with Crippen LogP contribution in [0.4, 0.5) is 0 Å². The molecule has 3 nitrogen and oxygen atoms in total. The molecule has 0 bridgehead atoms. The van der Waals surface area contributed by atoms with E-state index in [9.17, 15) is 9.90 Å². The largest absolute Gasteiger partial charge is 0.391 e. The lowest BCUT2D eigenvalue weighted by Gasteiger charge is -2.10. The summed E-state index contributed by atoms with van der Waals surface area (Å²) in [5, 5.41) is 9.50. The zero-order valence-electron chi connectivity index (χ0n) is 9.56. The smallest absolute Gasteiger partial charge is 0.129 e. The van der Waals surface area contributed by atoms with Gasteiger partial charge in [-0.2, -0.15) is 0 Å². The fourth-order valence-electron chi connectivity index (χ4n) is 1.34. The van der Waals surface area contributed by atoms with Crippen molar-refractivity contribution in [1.29, 1.82) is 0 Å². The maximum Gasteiger partial charge on any atom is 0.129 e. The second-order valence-corrected chi connectivity index (χ2v) is 3.90. The average molecular weight is 222 g/mol. The first-order valence-electron chi connectivity index (χ1n) is 5.47. The molecule has 0 heterocycles. The fourth-order valence-corrected chi connectivity index (χ4v) is 1.34. The summed E-state index contributed by atoms with van der Waals surface area (Å²) in [7, 11) is 0. The van der Waals surface area contributed by atoms with E-state index in [1.54, 1.807) is 0 Å². The van der Waals surface area contributed by atoms with Crippen LogP contribution in [0.15, 0.2) is 30.3 Å². The highest BCUT2D eigenvalue weighted by Crippen LogP contribution is 2.03. The molecule has 0 aliphatic rings. The van der Waals surface area contributed by atoms with Gasteiger partial charge in [-0.1, -0.05) is 30.3 Å². The summed E-state index contributed by atoms with van der Waals surface area (Å²) in [4.78, 5) is 10.7. The third-order valence-electron chi connectivity index (χ3n) is 2.25. The lowest BCUT2D eigenvalue weighted by atomic mass is 10.1. The van der Waals surface area contributed by atoms with E-state index in [1.165, 1.54) is 6.92 Å². The molecule has 1 atom stereocenters. The summed E-state index contributed by atoms with van der Waals surface area (Å²) >= 11 is 0. The molecule has 0 radical (unpaired) electrons. The maximum atomic E-state index is 10.7. The molecular formula is C13H18O3. The van der Waals surface area contributed by atoms with Crippen LogP contribution in [-0.2, 0) is 16.1 Å². The molecule has 0 fully saturated rings. The normalized spacial score (nSPS) is 12.4. The quantitative estimate of drug-likeness (QED) is 0.766. The van der Waals surface area contributed by atoms with Gasteiger partial charge in [0.1, 0.15) is 5.78 Å². The highest BCUT2D eigenvalue weighted by atomic mass is 16.5. The summed E-state index contributed by atoms with van der Waals surface area (Å²) in [5.41, 5.74) is 1.08. The van der Waals surface area contributed by atoms with Crippen molar-refractivity contribution in [2.75, 3.05) is 6.61 Å². The van der Waals surface area contributed by atoms with Gasteiger partial charge in [0.05, 0.1) is 19.3 Å². The van der Waals surface area contributed by atoms with E-state index in [0.29, 0.717) is 19.4 Å². The Morgan fingerprint density at radius 1 is 1.38 bits per heavy atom. The third kappa shape index (κ3) is 5.63. The summed E-state index contributed by atoms with van der Waals surface area (Å²) < 4.78 is 5.35. The number of ether oxygens (including phenoxy) is 1. The highest BCUT2D eigenvalue weighted by Gasteiger charge is 2.05. The van der Waals surface area contributed by atoms with E-state index in [2.05, 4.69) is 0 Å². The number of benzene rings is 1. The van der Waals surface area contributed by atoms with E-state index in [4.69, 9.17) is 4.74 Å². The third-order valence-corrected chi connectivity index (χ3v) is 2.25. The molecule has 0 saturated carbocycles. The Bertz CT molecular complexity index is 308. The van der Waals surface area contributed by atoms with E-state index >= 15 is 0 Å². The van der Waals surface area contributed by atoms with Crippen molar-refractivity contribution < 1.29 is 14.6 Å². The predicted octanol–water partition coefficient (Wildman–Crippen LogP) is 1.93. The van der Waals surface area contributed by atoms with Gasteiger partial charge < -0.3 is 14.6 Å². The number of carbonyl (C=O) groups excluding carboxylic acids is 1. The number of carbonyl (C=O) groups is 1. The maximum absolute atomic E-state index is 10.7. The van der Waals surface area contributed by atoms with Crippen LogP contribution >= 0.6 is 0 Å². The van der Waals surface area contributed by atoms with Crippen LogP contribution in [0.2, 0.25) is 0 Å². The summed E-state index contributed by atoms with van der Waals surface area (Å²) in [6, 6.07) is 9.80. The number of rotatable bonds is 7. The van der Waals surface area contributed by atoms with Crippen LogP contribution in [0.5, 0.6) is 0 Å². The fraction of sp³-hybridized carbons (Fsp3) is 0.462. The molecule has 0 aromatic heterocycles. The highest BCUT2D eigenvalue weighted by molar-refractivity contribution is 5.75. The van der Waals surface area contributed by atoms with Crippen LogP contribution in [0.3, 0.4) is 0 Å². The van der Waals surface area contributed by atoms with Crippen LogP contribution in [-0.4, -0.2) is 23.6 Å². The van der Waals surface area contributed by atoms with Gasteiger partial charge in [0.2, 0.25) is 0 Å². The van der Waals surface area contributed by atoms with Crippen molar-refractivity contribution >= 4 is 5.78 Å². The number of aliphatic hydroxyl groups excluding tert-OH is 1. The van der Waals surface area contributed by atoms with Gasteiger partial charge in [-0.25, -0.2) is 0 Å². The molecule has 1 aromatic carbocycles. The van der Waals surface area contributed by atoms with Gasteiger partial charge in [-0.15, -0.1) is 0 Å². The molecule has 88 valence electrons. The molecule has 0 amide bonds. The van der Waals surface area contributed by atoms with E-state index in [0.717, 1.165) is 5.56 Å². The lowest BCUT2D eigenvalue weighted by molar-refractivity contribution is -0.117. The molecule has 0 aliphatic heterocycles. The molecule has 0 aliphatic carbocycles. The molecule has 1 unspecified atom stereocenters. The number of aliphatic hydroxyl groups is 1. The van der Waals surface area contributed by atoms with Crippen molar-refractivity contribution in [2.45, 2.75) is 32.5 Å². The second-order valence-electron chi connectivity index (χ2n) is 3.90. The number of hydrogen-bond acceptors (Lipinski definition) is 3. The zero-order chi connectivity index (χ0) is 11.8. The van der Waals surface area contributed by atoms with E-state index < -0.39 is 6.10 Å². The second kappa shape index (κ2) is 7.14. The van der Waals surface area contributed by atoms with Crippen LogP contribution in [0, 0.1) is 0 Å². The molecule has 0 spiro atoms. The summed E-state index contributed by atoms with van der Waals surface area (Å²) in [6.07, 6.45) is 0.340. The molecular weight excluding hydrogens is 204 g/mol. The minimum atomic E-state index is -0.549.